The standard InChI is InChI=1S/C14H14O4S2/c1-2-19(15,16)13-10-6-7-11-14(13)20(17,18)12-8-4-3-5-9-12/h3-11H,2H2,1H3. The molecule has 0 aliphatic carbocycles. The maximum absolute atomic E-state index is 12.6. The Bertz CT molecular complexity index is 807. The van der Waals surface area contributed by atoms with E-state index in [2.05, 4.69) is 0 Å². The summed E-state index contributed by atoms with van der Waals surface area (Å²) in [5.74, 6) is -0.145. The Hall–Kier alpha value is -1.66. The minimum atomic E-state index is -3.84. The van der Waals surface area contributed by atoms with E-state index in [1.54, 1.807) is 18.2 Å². The van der Waals surface area contributed by atoms with E-state index in [0.717, 1.165) is 0 Å². The topological polar surface area (TPSA) is 68.3 Å². The first kappa shape index (κ1) is 14.7. The second-order valence-electron chi connectivity index (χ2n) is 4.17. The molecule has 0 N–H and O–H groups in total. The van der Waals surface area contributed by atoms with Crippen molar-refractivity contribution in [3.8, 4) is 0 Å². The number of hydrogen-bond acceptors (Lipinski definition) is 4. The predicted octanol–water partition coefficient (Wildman–Crippen LogP) is 2.31. The highest BCUT2D eigenvalue weighted by Gasteiger charge is 2.26. The Morgan fingerprint density at radius 1 is 0.750 bits per heavy atom. The Labute approximate surface area is 118 Å². The number of benzene rings is 2. The van der Waals surface area contributed by atoms with Crippen LogP contribution in [-0.4, -0.2) is 22.6 Å². The van der Waals surface area contributed by atoms with Crippen LogP contribution in [0.4, 0.5) is 0 Å². The molecular weight excluding hydrogens is 296 g/mol. The van der Waals surface area contributed by atoms with Crippen LogP contribution in [0.1, 0.15) is 6.92 Å². The van der Waals surface area contributed by atoms with Gasteiger partial charge in [0.15, 0.2) is 9.84 Å². The van der Waals surface area contributed by atoms with Crippen LogP contribution in [-0.2, 0) is 19.7 Å². The SMILES string of the molecule is CCS(=O)(=O)c1ccccc1S(=O)(=O)c1ccccc1. The van der Waals surface area contributed by atoms with Gasteiger partial charge in [0.1, 0.15) is 0 Å². The Morgan fingerprint density at radius 3 is 1.80 bits per heavy atom. The molecule has 106 valence electrons. The quantitative estimate of drug-likeness (QED) is 0.869. The highest BCUT2D eigenvalue weighted by Crippen LogP contribution is 2.27. The third-order valence-corrected chi connectivity index (χ3v) is 6.65. The molecule has 0 bridgehead atoms. The molecule has 0 aliphatic rings. The summed E-state index contributed by atoms with van der Waals surface area (Å²) in [6.45, 7) is 1.49. The van der Waals surface area contributed by atoms with E-state index < -0.39 is 19.7 Å². The fourth-order valence-corrected chi connectivity index (χ4v) is 4.85. The molecule has 20 heavy (non-hydrogen) atoms. The normalized spacial score (nSPS) is 12.2. The van der Waals surface area contributed by atoms with E-state index in [1.807, 2.05) is 0 Å². The van der Waals surface area contributed by atoms with Crippen molar-refractivity contribution in [3.05, 3.63) is 54.6 Å². The van der Waals surface area contributed by atoms with Crippen LogP contribution in [0.15, 0.2) is 69.3 Å². The van der Waals surface area contributed by atoms with Gasteiger partial charge in [0.25, 0.3) is 0 Å². The molecule has 0 unspecified atom stereocenters. The average Bonchev–Trinajstić information content (AvgIpc) is 2.48. The third-order valence-electron chi connectivity index (χ3n) is 2.91. The largest absolute Gasteiger partial charge is 0.224 e. The molecule has 0 saturated heterocycles. The molecular formula is C14H14O4S2. The summed E-state index contributed by atoms with van der Waals surface area (Å²) in [4.78, 5) is -0.238. The zero-order valence-corrected chi connectivity index (χ0v) is 12.5. The van der Waals surface area contributed by atoms with Crippen LogP contribution in [0.5, 0.6) is 0 Å². The summed E-state index contributed by atoms with van der Waals surface area (Å²) >= 11 is 0. The van der Waals surface area contributed by atoms with Gasteiger partial charge in [-0.3, -0.25) is 0 Å². The summed E-state index contributed by atoms with van der Waals surface area (Å²) < 4.78 is 49.2. The lowest BCUT2D eigenvalue weighted by atomic mass is 10.4. The average molecular weight is 310 g/mol. The van der Waals surface area contributed by atoms with Crippen molar-refractivity contribution in [2.45, 2.75) is 21.6 Å². The van der Waals surface area contributed by atoms with Crippen LogP contribution in [0.25, 0.3) is 0 Å². The minimum absolute atomic E-state index is 0.0822. The van der Waals surface area contributed by atoms with Gasteiger partial charge in [0, 0.05) is 0 Å². The van der Waals surface area contributed by atoms with Crippen LogP contribution in [0.3, 0.4) is 0 Å². The number of hydrogen-bond donors (Lipinski definition) is 0. The summed E-state index contributed by atoms with van der Waals surface area (Å²) in [7, 11) is -7.44. The molecule has 0 radical (unpaired) electrons. The van der Waals surface area contributed by atoms with Crippen molar-refractivity contribution < 1.29 is 16.8 Å². The van der Waals surface area contributed by atoms with E-state index in [4.69, 9.17) is 0 Å². The lowest BCUT2D eigenvalue weighted by Gasteiger charge is -2.10. The van der Waals surface area contributed by atoms with E-state index in [0.29, 0.717) is 0 Å². The summed E-state index contributed by atoms with van der Waals surface area (Å²) in [5, 5.41) is 0. The monoisotopic (exact) mass is 310 g/mol. The molecule has 0 atom stereocenters. The van der Waals surface area contributed by atoms with Crippen molar-refractivity contribution in [1.29, 1.82) is 0 Å². The van der Waals surface area contributed by atoms with Crippen LogP contribution in [0.2, 0.25) is 0 Å². The fourth-order valence-electron chi connectivity index (χ4n) is 1.81. The maximum atomic E-state index is 12.6. The first-order valence-electron chi connectivity index (χ1n) is 6.01. The zero-order chi connectivity index (χ0) is 14.8. The molecule has 0 spiro atoms. The van der Waals surface area contributed by atoms with Gasteiger partial charge in [-0.15, -0.1) is 0 Å². The first-order valence-corrected chi connectivity index (χ1v) is 9.15. The zero-order valence-electron chi connectivity index (χ0n) is 10.9. The van der Waals surface area contributed by atoms with Gasteiger partial charge >= 0.3 is 0 Å². The first-order chi connectivity index (χ1) is 9.39. The van der Waals surface area contributed by atoms with E-state index in [9.17, 15) is 16.8 Å². The van der Waals surface area contributed by atoms with Gasteiger partial charge in [-0.1, -0.05) is 37.3 Å². The summed E-state index contributed by atoms with van der Waals surface area (Å²) in [5.41, 5.74) is 0. The van der Waals surface area contributed by atoms with Crippen molar-refractivity contribution >= 4 is 19.7 Å². The molecule has 2 aromatic carbocycles. The smallest absolute Gasteiger partial charge is 0.207 e. The molecule has 2 rings (SSSR count). The van der Waals surface area contributed by atoms with Gasteiger partial charge in [-0.2, -0.15) is 0 Å². The van der Waals surface area contributed by atoms with E-state index in [-0.39, 0.29) is 20.4 Å². The van der Waals surface area contributed by atoms with Crippen molar-refractivity contribution in [1.82, 2.24) is 0 Å². The Kier molecular flexibility index (Phi) is 3.96. The van der Waals surface area contributed by atoms with Gasteiger partial charge in [-0.05, 0) is 24.3 Å². The molecule has 2 aromatic rings. The van der Waals surface area contributed by atoms with Gasteiger partial charge in [0.2, 0.25) is 9.84 Å². The third kappa shape index (κ3) is 2.62. The maximum Gasteiger partial charge on any atom is 0.207 e. The second kappa shape index (κ2) is 5.38. The molecule has 6 heteroatoms. The van der Waals surface area contributed by atoms with E-state index in [1.165, 1.54) is 43.3 Å². The second-order valence-corrected chi connectivity index (χ2v) is 8.33. The lowest BCUT2D eigenvalue weighted by Crippen LogP contribution is -2.11. The predicted molar refractivity (Wildman–Crippen MR) is 76.1 cm³/mol. The van der Waals surface area contributed by atoms with Gasteiger partial charge < -0.3 is 0 Å². The number of sulfone groups is 2. The minimum Gasteiger partial charge on any atom is -0.224 e. The molecule has 0 amide bonds. The van der Waals surface area contributed by atoms with Crippen LogP contribution < -0.4 is 0 Å². The fraction of sp³-hybridized carbons (Fsp3) is 0.143. The van der Waals surface area contributed by atoms with Crippen molar-refractivity contribution in [2.24, 2.45) is 0 Å². The van der Waals surface area contributed by atoms with Crippen molar-refractivity contribution in [2.75, 3.05) is 5.75 Å². The summed E-state index contributed by atoms with van der Waals surface area (Å²) in [6, 6.07) is 13.5. The molecule has 0 fully saturated rings. The molecule has 0 saturated carbocycles. The number of rotatable bonds is 4. The Morgan fingerprint density at radius 2 is 1.25 bits per heavy atom. The molecule has 0 heterocycles. The van der Waals surface area contributed by atoms with Gasteiger partial charge in [-0.25, -0.2) is 16.8 Å². The van der Waals surface area contributed by atoms with Gasteiger partial charge in [0.05, 0.1) is 20.4 Å². The highest BCUT2D eigenvalue weighted by molar-refractivity contribution is 7.94. The summed E-state index contributed by atoms with van der Waals surface area (Å²) in [6.07, 6.45) is 0. The molecule has 0 aliphatic heterocycles. The highest BCUT2D eigenvalue weighted by atomic mass is 32.2. The van der Waals surface area contributed by atoms with E-state index >= 15 is 0 Å². The Balaban J connectivity index is 2.72. The lowest BCUT2D eigenvalue weighted by molar-refractivity contribution is 0.583. The van der Waals surface area contributed by atoms with Crippen molar-refractivity contribution in [3.63, 3.8) is 0 Å². The van der Waals surface area contributed by atoms with Crippen LogP contribution in [0, 0.1) is 0 Å². The molecule has 0 aromatic heterocycles. The van der Waals surface area contributed by atoms with Crippen LogP contribution >= 0.6 is 0 Å². The molecule has 4 nitrogen and oxygen atoms in total.